The number of oxazole rings is 1. The number of hydrogen-bond donors (Lipinski definition) is 8. The Morgan fingerprint density at radius 2 is 0.766 bits per heavy atom. The number of amides is 4. The molecule has 107 heavy (non-hydrogen) atoms. The molecular weight excluding hydrogens is 1500 g/mol. The minimum absolute atomic E-state index is 0.0129. The number of nitrogens with one attached hydrogen (secondary N) is 4. The predicted molar refractivity (Wildman–Crippen MR) is 395 cm³/mol. The van der Waals surface area contributed by atoms with Crippen molar-refractivity contribution in [1.29, 1.82) is 0 Å². The molecule has 0 saturated heterocycles. The van der Waals surface area contributed by atoms with Crippen LogP contribution in [0.3, 0.4) is 0 Å². The number of benzene rings is 1. The highest BCUT2D eigenvalue weighted by Gasteiger charge is 2.44. The second-order valence-corrected chi connectivity index (χ2v) is 33.5. The van der Waals surface area contributed by atoms with Crippen LogP contribution in [0.2, 0.25) is 5.02 Å². The molecule has 8 aromatic rings. The number of guanidine groups is 4. The zero-order valence-corrected chi connectivity index (χ0v) is 62.7. The highest BCUT2D eigenvalue weighted by molar-refractivity contribution is 7.90. The zero-order valence-electron chi connectivity index (χ0n) is 58.7. The molecule has 4 amide bonds. The van der Waals surface area contributed by atoms with Gasteiger partial charge in [-0.05, 0) is 142 Å². The number of pyridine rings is 5. The van der Waals surface area contributed by atoms with E-state index in [1.54, 1.807) is 108 Å². The molecular formula is C64H72ClFN24O13S4. The summed E-state index contributed by atoms with van der Waals surface area (Å²) in [6, 6.07) is 21.5. The smallest absolute Gasteiger partial charge is 0.278 e. The lowest BCUT2D eigenvalue weighted by atomic mass is 9.95. The highest BCUT2D eigenvalue weighted by atomic mass is 35.5. The van der Waals surface area contributed by atoms with Gasteiger partial charge in [-0.2, -0.15) is 0 Å². The van der Waals surface area contributed by atoms with Crippen LogP contribution in [0.15, 0.2) is 159 Å². The van der Waals surface area contributed by atoms with E-state index in [9.17, 15) is 57.2 Å². The Morgan fingerprint density at radius 3 is 1.07 bits per heavy atom. The van der Waals surface area contributed by atoms with Gasteiger partial charge in [0.1, 0.15) is 68.9 Å². The lowest BCUT2D eigenvalue weighted by Crippen LogP contribution is -2.50. The number of rotatable bonds is 12. The van der Waals surface area contributed by atoms with E-state index < -0.39 is 85.8 Å². The molecule has 4 aliphatic rings. The van der Waals surface area contributed by atoms with Crippen LogP contribution in [0.1, 0.15) is 103 Å². The number of aryl methyl sites for hydroxylation is 2. The van der Waals surface area contributed by atoms with Crippen LogP contribution >= 0.6 is 11.6 Å². The first-order chi connectivity index (χ1) is 49.9. The summed E-state index contributed by atoms with van der Waals surface area (Å²) in [5, 5.41) is 11.0. The van der Waals surface area contributed by atoms with Gasteiger partial charge in [-0.3, -0.25) is 24.2 Å². The first-order valence-corrected chi connectivity index (χ1v) is 38.2. The van der Waals surface area contributed by atoms with Crippen molar-refractivity contribution in [3.63, 3.8) is 0 Å². The summed E-state index contributed by atoms with van der Waals surface area (Å²) in [7, 11) is -9.01. The van der Waals surface area contributed by atoms with Gasteiger partial charge in [0.05, 0.1) is 41.1 Å². The third-order valence-electron chi connectivity index (χ3n) is 16.7. The lowest BCUT2D eigenvalue weighted by molar-refractivity contribution is 0.101. The number of sulfonamides is 4. The summed E-state index contributed by atoms with van der Waals surface area (Å²) < 4.78 is 120. The van der Waals surface area contributed by atoms with Gasteiger partial charge in [0.15, 0.2) is 11.6 Å². The van der Waals surface area contributed by atoms with Crippen LogP contribution in [0.5, 0.6) is 0 Å². The topological polar surface area (TPSA) is 536 Å². The zero-order chi connectivity index (χ0) is 78.6. The number of carbonyl (C=O) groups is 4. The van der Waals surface area contributed by atoms with Gasteiger partial charge in [-0.25, -0.2) is 110 Å². The molecule has 0 aliphatic carbocycles. The molecule has 0 fully saturated rings. The number of hydrogen-bond acceptors (Lipinski definition) is 29. The normalized spacial score (nSPS) is 21.6. The Hall–Kier alpha value is -11.8. The van der Waals surface area contributed by atoms with E-state index in [-0.39, 0.29) is 93.1 Å². The van der Waals surface area contributed by atoms with Gasteiger partial charge in [0.2, 0.25) is 63.9 Å². The third-order valence-corrected chi connectivity index (χ3v) is 24.7. The standard InChI is InChI=1S/C17H18ClN5O3S.C16H17FN6O3S.C16H19N7O3S.C15H18N6O4S/c1-17(10-27(25,26)23(2)16(19)22-17)12-7-8-20-14(9-12)21-15(24)11-3-5-13(18)6-4-11;1-16(9-27(25,26)23(2)15(18)22-16)10-5-6-19-13(7-10)21-14(24)12-4-3-11(17)8-20-12;1-10-7-20-12(8-19-10)14(24)21-13-6-11(4-5-18-13)16(2)9-27(25,26)23(3)15(17)22-16;1-9-18-11(7-25-9)13(22)19-12-6-10(4-5-17-12)15(2)8-26(23,24)21(3)14(16)20-15/h3-9H,10H2,1-2H3,(H2,19,22)(H,20,21,24);3-8H,9H2,1-2H3,(H2,18,22)(H,19,21,24);4-8H,9H2,1-3H3,(H2,17,22)(H,18,21,24);4-7H,8H2,1-3H3,(H2,16,20)(H,17,19,22)/t17-;2*16-;15-/m0000/s1. The Kier molecular flexibility index (Phi) is 22.8. The average Bonchev–Trinajstić information content (AvgIpc) is 1.15. The predicted octanol–water partition coefficient (Wildman–Crippen LogP) is 3.14. The molecule has 4 atom stereocenters. The Balaban J connectivity index is 0.000000165. The maximum Gasteiger partial charge on any atom is 0.278 e. The van der Waals surface area contributed by atoms with Crippen molar-refractivity contribution in [2.24, 2.45) is 42.9 Å². The second kappa shape index (κ2) is 30.7. The fourth-order valence-electron chi connectivity index (χ4n) is 10.5. The summed E-state index contributed by atoms with van der Waals surface area (Å²) >= 11 is 5.82. The Morgan fingerprint density at radius 1 is 0.439 bits per heavy atom. The molecule has 37 nitrogen and oxygen atoms in total. The van der Waals surface area contributed by atoms with Crippen molar-refractivity contribution >= 4 is 122 Å². The van der Waals surface area contributed by atoms with E-state index in [1.165, 1.54) is 83.8 Å². The van der Waals surface area contributed by atoms with Gasteiger partial charge in [0, 0.05) is 76.7 Å². The van der Waals surface area contributed by atoms with Crippen LogP contribution in [-0.4, -0.2) is 189 Å². The number of halogens is 2. The van der Waals surface area contributed by atoms with Gasteiger partial charge in [-0.1, -0.05) is 11.6 Å². The SMILES string of the molecule is CN1C(N)=N[C@](C)(c2ccnc(NC(=O)c3ccc(Cl)cc3)c2)CS1(=O)=O.CN1C(N)=N[C@](C)(c2ccnc(NC(=O)c3ccc(F)cn3)c2)CS1(=O)=O.Cc1cnc(C(=O)Nc2cc([C@]3(C)CS(=O)(=O)N(C)C(N)=N3)ccn2)cn1.Cc1nc(C(=O)Nc2cc([C@]3(C)CS(=O)(=O)N(C)C(N)=N3)ccn2)co1. The molecule has 4 aliphatic heterocycles. The molecule has 564 valence electrons. The van der Waals surface area contributed by atoms with Crippen molar-refractivity contribution in [3.8, 4) is 0 Å². The fourth-order valence-corrected chi connectivity index (χ4v) is 16.5. The molecule has 12 rings (SSSR count). The monoisotopic (exact) mass is 1570 g/mol. The third kappa shape index (κ3) is 18.7. The molecule has 0 saturated carbocycles. The molecule has 0 unspecified atom stereocenters. The van der Waals surface area contributed by atoms with Crippen LogP contribution in [0, 0.1) is 19.7 Å². The number of nitrogens with zero attached hydrogens (tertiary/aromatic N) is 16. The van der Waals surface area contributed by atoms with Gasteiger partial charge >= 0.3 is 0 Å². The first kappa shape index (κ1) is 79.4. The van der Waals surface area contributed by atoms with E-state index in [0.29, 0.717) is 44.4 Å². The average molecular weight is 1570 g/mol. The minimum atomic E-state index is -3.63. The minimum Gasteiger partial charge on any atom is -0.448 e. The molecule has 7 aromatic heterocycles. The summed E-state index contributed by atoms with van der Waals surface area (Å²) in [5.41, 5.74) is 22.2. The van der Waals surface area contributed by atoms with E-state index in [2.05, 4.69) is 81.1 Å². The second-order valence-electron chi connectivity index (χ2n) is 25.1. The van der Waals surface area contributed by atoms with Crippen molar-refractivity contribution in [2.75, 3.05) is 72.5 Å². The number of nitrogens with two attached hydrogens (primary N) is 4. The summed E-state index contributed by atoms with van der Waals surface area (Å²) in [6.45, 7) is 10.0. The van der Waals surface area contributed by atoms with Crippen LogP contribution < -0.4 is 44.2 Å². The molecule has 0 spiro atoms. The quantitative estimate of drug-likeness (QED) is 0.0871. The Bertz CT molecular complexity index is 5000. The van der Waals surface area contributed by atoms with Crippen LogP contribution in [0.25, 0.3) is 0 Å². The van der Waals surface area contributed by atoms with Gasteiger partial charge in [-0.15, -0.1) is 0 Å². The molecule has 0 bridgehead atoms. The van der Waals surface area contributed by atoms with Crippen LogP contribution in [0.4, 0.5) is 27.7 Å². The van der Waals surface area contributed by atoms with E-state index >= 15 is 0 Å². The first-order valence-electron chi connectivity index (χ1n) is 31.4. The summed E-state index contributed by atoms with van der Waals surface area (Å²) in [5.74, 6) is -2.61. The van der Waals surface area contributed by atoms with E-state index in [4.69, 9.17) is 39.0 Å². The molecule has 0 radical (unpaired) electrons. The van der Waals surface area contributed by atoms with Crippen molar-refractivity contribution in [2.45, 2.75) is 63.7 Å². The Labute approximate surface area is 618 Å². The summed E-state index contributed by atoms with van der Waals surface area (Å²) in [6.07, 6.45) is 10.9. The maximum atomic E-state index is 12.9. The van der Waals surface area contributed by atoms with E-state index in [0.717, 1.165) is 29.5 Å². The fraction of sp³-hybridized carbons (Fsp3) is 0.281. The van der Waals surface area contributed by atoms with Crippen molar-refractivity contribution in [3.05, 3.63) is 202 Å². The number of carbonyl (C=O) groups excluding carboxylic acids is 4. The largest absolute Gasteiger partial charge is 0.448 e. The van der Waals surface area contributed by atoms with Gasteiger partial charge < -0.3 is 48.6 Å². The molecule has 12 N–H and O–H groups in total. The number of anilines is 4. The highest BCUT2D eigenvalue weighted by Crippen LogP contribution is 2.37. The lowest BCUT2D eigenvalue weighted by Gasteiger charge is -2.34. The number of aromatic nitrogens is 8. The molecule has 11 heterocycles. The molecule has 1 aromatic carbocycles. The maximum absolute atomic E-state index is 12.9. The van der Waals surface area contributed by atoms with Crippen LogP contribution in [-0.2, 0) is 62.2 Å². The van der Waals surface area contributed by atoms with E-state index in [1.807, 2.05) is 0 Å². The summed E-state index contributed by atoms with van der Waals surface area (Å²) in [4.78, 5) is 98.3. The number of aliphatic imine (C=N–C) groups is 4. The van der Waals surface area contributed by atoms with Crippen molar-refractivity contribution in [1.82, 2.24) is 57.1 Å². The van der Waals surface area contributed by atoms with Crippen molar-refractivity contribution < 1.29 is 61.7 Å². The molecule has 43 heteroatoms. The van der Waals surface area contributed by atoms with Gasteiger partial charge in [0.25, 0.3) is 23.6 Å².